The van der Waals surface area contributed by atoms with Gasteiger partial charge < -0.3 is 5.32 Å². The summed E-state index contributed by atoms with van der Waals surface area (Å²) in [7, 11) is 0. The van der Waals surface area contributed by atoms with Crippen LogP contribution < -0.4 is 5.32 Å². The van der Waals surface area contributed by atoms with Crippen LogP contribution in [0, 0.1) is 17.3 Å². The maximum absolute atomic E-state index is 3.66. The monoisotopic (exact) mass is 241 g/mol. The second kappa shape index (κ2) is 8.13. The van der Waals surface area contributed by atoms with Crippen LogP contribution in [0.25, 0.3) is 0 Å². The van der Waals surface area contributed by atoms with Gasteiger partial charge in [-0.3, -0.25) is 0 Å². The molecule has 0 aromatic heterocycles. The van der Waals surface area contributed by atoms with Crippen LogP contribution >= 0.6 is 0 Å². The van der Waals surface area contributed by atoms with Crippen LogP contribution in [0.1, 0.15) is 74.1 Å². The summed E-state index contributed by atoms with van der Waals surface area (Å²) >= 11 is 0. The van der Waals surface area contributed by atoms with Crippen LogP contribution in [0.5, 0.6) is 0 Å². The Hall–Kier alpha value is -0.0400. The smallest absolute Gasteiger partial charge is 0.00696 e. The average Bonchev–Trinajstić information content (AvgIpc) is 2.15. The van der Waals surface area contributed by atoms with Crippen LogP contribution in [0.15, 0.2) is 0 Å². The van der Waals surface area contributed by atoms with Crippen molar-refractivity contribution in [1.29, 1.82) is 0 Å². The minimum absolute atomic E-state index is 0.436. The molecule has 0 fully saturated rings. The van der Waals surface area contributed by atoms with Gasteiger partial charge in [0.05, 0.1) is 0 Å². The summed E-state index contributed by atoms with van der Waals surface area (Å²) in [4.78, 5) is 0. The summed E-state index contributed by atoms with van der Waals surface area (Å²) in [6.07, 6.45) is 5.39. The van der Waals surface area contributed by atoms with Crippen molar-refractivity contribution in [1.82, 2.24) is 5.32 Å². The number of rotatable bonds is 8. The second-order valence-corrected chi connectivity index (χ2v) is 7.08. The molecule has 1 N–H and O–H groups in total. The minimum atomic E-state index is 0.436. The van der Waals surface area contributed by atoms with E-state index >= 15 is 0 Å². The lowest BCUT2D eigenvalue weighted by atomic mass is 9.78. The van der Waals surface area contributed by atoms with Gasteiger partial charge >= 0.3 is 0 Å². The standard InChI is InChI=1S/C16H35N/c1-8-17-15(11-9-10-13(2)3)12-14(4)16(5,6)7/h13-15,17H,8-12H2,1-7H3. The van der Waals surface area contributed by atoms with Crippen molar-refractivity contribution in [2.45, 2.75) is 80.2 Å². The Morgan fingerprint density at radius 2 is 1.59 bits per heavy atom. The lowest BCUT2D eigenvalue weighted by molar-refractivity contribution is 0.217. The zero-order chi connectivity index (χ0) is 13.5. The van der Waals surface area contributed by atoms with E-state index in [2.05, 4.69) is 53.8 Å². The SMILES string of the molecule is CCNC(CCCC(C)C)CC(C)C(C)(C)C. The average molecular weight is 241 g/mol. The molecule has 2 atom stereocenters. The zero-order valence-corrected chi connectivity index (χ0v) is 13.3. The summed E-state index contributed by atoms with van der Waals surface area (Å²) in [5.41, 5.74) is 0.436. The van der Waals surface area contributed by atoms with E-state index in [9.17, 15) is 0 Å². The quantitative estimate of drug-likeness (QED) is 0.639. The first-order valence-electron chi connectivity index (χ1n) is 7.50. The topological polar surface area (TPSA) is 12.0 Å². The van der Waals surface area contributed by atoms with Gasteiger partial charge in [-0.1, -0.05) is 61.3 Å². The third-order valence-corrected chi connectivity index (χ3v) is 3.94. The molecule has 0 rings (SSSR count). The van der Waals surface area contributed by atoms with Gasteiger partial charge in [-0.2, -0.15) is 0 Å². The van der Waals surface area contributed by atoms with E-state index in [4.69, 9.17) is 0 Å². The highest BCUT2D eigenvalue weighted by Crippen LogP contribution is 2.30. The van der Waals surface area contributed by atoms with Crippen LogP contribution in [-0.4, -0.2) is 12.6 Å². The van der Waals surface area contributed by atoms with Gasteiger partial charge in [0.1, 0.15) is 0 Å². The number of hydrogen-bond acceptors (Lipinski definition) is 1. The van der Waals surface area contributed by atoms with E-state index in [0.29, 0.717) is 11.5 Å². The maximum Gasteiger partial charge on any atom is 0.00696 e. The second-order valence-electron chi connectivity index (χ2n) is 7.08. The summed E-state index contributed by atoms with van der Waals surface area (Å²) in [6.45, 7) is 17.4. The van der Waals surface area contributed by atoms with Crippen molar-refractivity contribution in [3.05, 3.63) is 0 Å². The van der Waals surface area contributed by atoms with Crippen molar-refractivity contribution in [2.24, 2.45) is 17.3 Å². The molecule has 0 aliphatic heterocycles. The van der Waals surface area contributed by atoms with E-state index in [1.165, 1.54) is 25.7 Å². The molecule has 2 unspecified atom stereocenters. The molecule has 0 aromatic rings. The first-order valence-corrected chi connectivity index (χ1v) is 7.50. The molecule has 1 heteroatoms. The third-order valence-electron chi connectivity index (χ3n) is 3.94. The Bertz CT molecular complexity index is 178. The molecule has 0 aromatic carbocycles. The third kappa shape index (κ3) is 8.65. The molecule has 0 heterocycles. The Morgan fingerprint density at radius 3 is 2.00 bits per heavy atom. The highest BCUT2D eigenvalue weighted by molar-refractivity contribution is 4.77. The van der Waals surface area contributed by atoms with E-state index < -0.39 is 0 Å². The van der Waals surface area contributed by atoms with Gasteiger partial charge in [0.15, 0.2) is 0 Å². The number of nitrogens with one attached hydrogen (secondary N) is 1. The van der Waals surface area contributed by atoms with Crippen LogP contribution in [-0.2, 0) is 0 Å². The molecule has 0 aliphatic carbocycles. The predicted octanol–water partition coefficient (Wildman–Crippen LogP) is 4.86. The summed E-state index contributed by atoms with van der Waals surface area (Å²) < 4.78 is 0. The molecule has 0 aliphatic rings. The summed E-state index contributed by atoms with van der Waals surface area (Å²) in [5, 5.41) is 3.66. The fourth-order valence-corrected chi connectivity index (χ4v) is 2.14. The highest BCUT2D eigenvalue weighted by atomic mass is 14.9. The lowest BCUT2D eigenvalue weighted by Crippen LogP contribution is -2.33. The summed E-state index contributed by atoms with van der Waals surface area (Å²) in [6, 6.07) is 0.716. The van der Waals surface area contributed by atoms with Crippen molar-refractivity contribution in [2.75, 3.05) is 6.54 Å². The Balaban J connectivity index is 4.05. The van der Waals surface area contributed by atoms with E-state index in [0.717, 1.165) is 18.4 Å². The fraction of sp³-hybridized carbons (Fsp3) is 1.00. The first kappa shape index (κ1) is 17.0. The maximum atomic E-state index is 3.66. The zero-order valence-electron chi connectivity index (χ0n) is 13.3. The minimum Gasteiger partial charge on any atom is -0.314 e. The normalized spacial score (nSPS) is 16.2. The molecule has 0 spiro atoms. The van der Waals surface area contributed by atoms with Gasteiger partial charge in [-0.25, -0.2) is 0 Å². The highest BCUT2D eigenvalue weighted by Gasteiger charge is 2.23. The molecule has 0 amide bonds. The fourth-order valence-electron chi connectivity index (χ4n) is 2.14. The molecular formula is C16H35N. The first-order chi connectivity index (χ1) is 7.77. The molecule has 0 bridgehead atoms. The van der Waals surface area contributed by atoms with Crippen molar-refractivity contribution in [3.63, 3.8) is 0 Å². The van der Waals surface area contributed by atoms with Crippen LogP contribution in [0.4, 0.5) is 0 Å². The Labute approximate surface area is 110 Å². The summed E-state index contributed by atoms with van der Waals surface area (Å²) in [5.74, 6) is 1.63. The van der Waals surface area contributed by atoms with E-state index in [1.807, 2.05) is 0 Å². The van der Waals surface area contributed by atoms with Gasteiger partial charge in [0.2, 0.25) is 0 Å². The lowest BCUT2D eigenvalue weighted by Gasteiger charge is -2.31. The molecule has 104 valence electrons. The van der Waals surface area contributed by atoms with Gasteiger partial charge in [0.25, 0.3) is 0 Å². The van der Waals surface area contributed by atoms with Crippen molar-refractivity contribution >= 4 is 0 Å². The Morgan fingerprint density at radius 1 is 1.00 bits per heavy atom. The van der Waals surface area contributed by atoms with Crippen molar-refractivity contribution < 1.29 is 0 Å². The van der Waals surface area contributed by atoms with Crippen LogP contribution in [0.3, 0.4) is 0 Å². The molecule has 0 saturated heterocycles. The van der Waals surface area contributed by atoms with E-state index in [1.54, 1.807) is 0 Å². The largest absolute Gasteiger partial charge is 0.314 e. The van der Waals surface area contributed by atoms with E-state index in [-0.39, 0.29) is 0 Å². The van der Waals surface area contributed by atoms with Gasteiger partial charge in [-0.05, 0) is 36.6 Å². The van der Waals surface area contributed by atoms with Crippen LogP contribution in [0.2, 0.25) is 0 Å². The molecule has 17 heavy (non-hydrogen) atoms. The molecule has 0 radical (unpaired) electrons. The molecule has 1 nitrogen and oxygen atoms in total. The van der Waals surface area contributed by atoms with Gasteiger partial charge in [0, 0.05) is 6.04 Å². The molecule has 0 saturated carbocycles. The van der Waals surface area contributed by atoms with Gasteiger partial charge in [-0.15, -0.1) is 0 Å². The Kier molecular flexibility index (Phi) is 8.11. The van der Waals surface area contributed by atoms with Crippen molar-refractivity contribution in [3.8, 4) is 0 Å². The predicted molar refractivity (Wildman–Crippen MR) is 79.4 cm³/mol. The molecular weight excluding hydrogens is 206 g/mol. The number of hydrogen-bond donors (Lipinski definition) is 1.